The monoisotopic (exact) mass is 479 g/mol. The number of aromatic nitrogens is 2. The molecule has 0 unspecified atom stereocenters. The minimum Gasteiger partial charge on any atom is -0.354 e. The molecule has 2 aromatic heterocycles. The fraction of sp³-hybridized carbons (Fsp3) is 0.286. The van der Waals surface area contributed by atoms with Crippen LogP contribution in [0.5, 0.6) is 0 Å². The highest BCUT2D eigenvalue weighted by Gasteiger charge is 2.32. The second-order valence-electron chi connectivity index (χ2n) is 7.06. The molecule has 0 saturated carbocycles. The standard InChI is InChI=1S/C21H20Cl2FN5O3/c1-12(30)29-6-5-28(20(31)3-4-22)11-17(29)14-8-15(26-18(23)9-14)13-7-16(21(32)25-2)27-19(24)10-13/h3-4,7-10,17H,5-6,11H2,1-2H3,(H,25,32)/b4-3-/t17-/m1/s1. The quantitative estimate of drug-likeness (QED) is 0.537. The van der Waals surface area contributed by atoms with Crippen LogP contribution in [0.15, 0.2) is 35.9 Å². The van der Waals surface area contributed by atoms with Crippen molar-refractivity contribution in [1.29, 1.82) is 0 Å². The van der Waals surface area contributed by atoms with E-state index >= 15 is 0 Å². The van der Waals surface area contributed by atoms with Crippen molar-refractivity contribution in [3.05, 3.63) is 58.2 Å². The van der Waals surface area contributed by atoms with Crippen molar-refractivity contribution in [2.45, 2.75) is 13.0 Å². The van der Waals surface area contributed by atoms with Gasteiger partial charge < -0.3 is 15.1 Å². The normalized spacial score (nSPS) is 16.3. The van der Waals surface area contributed by atoms with Gasteiger partial charge in [0.2, 0.25) is 17.8 Å². The first-order chi connectivity index (χ1) is 15.2. The summed E-state index contributed by atoms with van der Waals surface area (Å²) in [5.74, 6) is -1.84. The lowest BCUT2D eigenvalue weighted by molar-refractivity contribution is -0.139. The number of nitrogens with one attached hydrogen (secondary N) is 1. The smallest absolute Gasteiger partial charge is 0.269 e. The average Bonchev–Trinajstić information content (AvgIpc) is 2.77. The summed E-state index contributed by atoms with van der Waals surface area (Å²) in [6.07, 6.45) is 1.24. The maximum atomic E-state index is 14.1. The number of pyridine rings is 2. The van der Waals surface area contributed by atoms with Crippen LogP contribution >= 0.6 is 23.2 Å². The maximum Gasteiger partial charge on any atom is 0.269 e. The molecule has 0 aromatic carbocycles. The molecule has 1 saturated heterocycles. The van der Waals surface area contributed by atoms with Crippen LogP contribution in [0.1, 0.15) is 29.0 Å². The van der Waals surface area contributed by atoms with E-state index in [0.29, 0.717) is 29.9 Å². The summed E-state index contributed by atoms with van der Waals surface area (Å²) >= 11 is 11.8. The molecule has 11 heteroatoms. The van der Waals surface area contributed by atoms with Crippen molar-refractivity contribution >= 4 is 40.9 Å². The van der Waals surface area contributed by atoms with E-state index in [1.807, 2.05) is 0 Å². The summed E-state index contributed by atoms with van der Waals surface area (Å²) in [5, 5.41) is 2.51. The minimum absolute atomic E-state index is 0.113. The Balaban J connectivity index is 2.04. The molecule has 0 spiro atoms. The first-order valence-corrected chi connectivity index (χ1v) is 10.4. The molecule has 8 nitrogen and oxygen atoms in total. The molecule has 1 atom stereocenters. The Hall–Kier alpha value is -3.04. The van der Waals surface area contributed by atoms with Crippen LogP contribution in [-0.4, -0.2) is 64.2 Å². The van der Waals surface area contributed by atoms with Gasteiger partial charge >= 0.3 is 0 Å². The summed E-state index contributed by atoms with van der Waals surface area (Å²) in [7, 11) is 1.41. The van der Waals surface area contributed by atoms with Crippen molar-refractivity contribution in [3.8, 4) is 11.3 Å². The van der Waals surface area contributed by atoms with E-state index in [9.17, 15) is 18.8 Å². The van der Waals surface area contributed by atoms with Crippen LogP contribution in [0, 0.1) is 5.95 Å². The van der Waals surface area contributed by atoms with E-state index in [2.05, 4.69) is 15.3 Å². The molecule has 168 valence electrons. The van der Waals surface area contributed by atoms with Crippen molar-refractivity contribution in [2.24, 2.45) is 0 Å². The van der Waals surface area contributed by atoms with E-state index < -0.39 is 17.9 Å². The van der Waals surface area contributed by atoms with Gasteiger partial charge in [0.05, 0.1) is 11.7 Å². The van der Waals surface area contributed by atoms with E-state index in [4.69, 9.17) is 23.2 Å². The average molecular weight is 480 g/mol. The van der Waals surface area contributed by atoms with E-state index in [0.717, 1.165) is 11.6 Å². The van der Waals surface area contributed by atoms with Crippen LogP contribution in [0.2, 0.25) is 5.15 Å². The summed E-state index contributed by atoms with van der Waals surface area (Å²) in [4.78, 5) is 47.5. The third kappa shape index (κ3) is 5.23. The van der Waals surface area contributed by atoms with Gasteiger partial charge in [-0.05, 0) is 23.8 Å². The zero-order chi connectivity index (χ0) is 23.4. The van der Waals surface area contributed by atoms with Gasteiger partial charge in [0.15, 0.2) is 0 Å². The number of piperazine rings is 1. The lowest BCUT2D eigenvalue weighted by atomic mass is 10.00. The Kier molecular flexibility index (Phi) is 7.42. The van der Waals surface area contributed by atoms with Gasteiger partial charge in [0, 0.05) is 56.8 Å². The van der Waals surface area contributed by atoms with Crippen molar-refractivity contribution in [3.63, 3.8) is 0 Å². The number of hydrogen-bond acceptors (Lipinski definition) is 5. The second-order valence-corrected chi connectivity index (χ2v) is 7.70. The van der Waals surface area contributed by atoms with Gasteiger partial charge in [0.25, 0.3) is 5.91 Å². The molecule has 1 fully saturated rings. The molecule has 1 aliphatic heterocycles. The SMILES string of the molecule is CNC(=O)c1cc(-c2cc([C@H]3CN(C(=O)/C=C\Cl)CCN3C(C)=O)cc(Cl)n2)cc(F)n1. The molecule has 0 aliphatic carbocycles. The van der Waals surface area contributed by atoms with Crippen molar-refractivity contribution < 1.29 is 18.8 Å². The van der Waals surface area contributed by atoms with Crippen LogP contribution in [0.3, 0.4) is 0 Å². The van der Waals surface area contributed by atoms with Gasteiger partial charge in [-0.1, -0.05) is 23.2 Å². The van der Waals surface area contributed by atoms with Crippen LogP contribution in [0.4, 0.5) is 4.39 Å². The molecule has 0 radical (unpaired) electrons. The summed E-state index contributed by atoms with van der Waals surface area (Å²) < 4.78 is 14.1. The van der Waals surface area contributed by atoms with Gasteiger partial charge in [-0.25, -0.2) is 9.97 Å². The Morgan fingerprint density at radius 1 is 1.19 bits per heavy atom. The Bertz CT molecular complexity index is 1100. The molecular formula is C21H20Cl2FN5O3. The van der Waals surface area contributed by atoms with Crippen LogP contribution in [0.25, 0.3) is 11.3 Å². The minimum atomic E-state index is -0.850. The fourth-order valence-electron chi connectivity index (χ4n) is 3.55. The summed E-state index contributed by atoms with van der Waals surface area (Å²) in [5.41, 5.74) is 2.23. The topological polar surface area (TPSA) is 95.5 Å². The zero-order valence-electron chi connectivity index (χ0n) is 17.3. The molecule has 1 N–H and O–H groups in total. The molecule has 3 rings (SSSR count). The number of amides is 3. The van der Waals surface area contributed by atoms with E-state index in [1.54, 1.807) is 21.9 Å². The third-order valence-corrected chi connectivity index (χ3v) is 5.37. The molecule has 1 aliphatic rings. The number of carbonyl (C=O) groups excluding carboxylic acids is 3. The number of nitrogens with zero attached hydrogens (tertiary/aromatic N) is 4. The molecule has 32 heavy (non-hydrogen) atoms. The van der Waals surface area contributed by atoms with Gasteiger partial charge in [-0.2, -0.15) is 4.39 Å². The number of halogens is 3. The lowest BCUT2D eigenvalue weighted by Crippen LogP contribution is -2.51. The zero-order valence-corrected chi connectivity index (χ0v) is 18.8. The molecule has 2 aromatic rings. The highest BCUT2D eigenvalue weighted by atomic mass is 35.5. The predicted molar refractivity (Wildman–Crippen MR) is 118 cm³/mol. The Labute approximate surface area is 194 Å². The maximum absolute atomic E-state index is 14.1. The lowest BCUT2D eigenvalue weighted by Gasteiger charge is -2.41. The van der Waals surface area contributed by atoms with Gasteiger partial charge in [0.1, 0.15) is 10.8 Å². The van der Waals surface area contributed by atoms with Gasteiger partial charge in [-0.15, -0.1) is 0 Å². The molecular weight excluding hydrogens is 460 g/mol. The Morgan fingerprint density at radius 2 is 1.94 bits per heavy atom. The van der Waals surface area contributed by atoms with Gasteiger partial charge in [-0.3, -0.25) is 14.4 Å². The summed E-state index contributed by atoms with van der Waals surface area (Å²) in [6, 6.07) is 5.28. The summed E-state index contributed by atoms with van der Waals surface area (Å²) in [6.45, 7) is 2.34. The molecule has 3 heterocycles. The highest BCUT2D eigenvalue weighted by Crippen LogP contribution is 2.31. The van der Waals surface area contributed by atoms with E-state index in [-0.39, 0.29) is 29.2 Å². The van der Waals surface area contributed by atoms with Crippen molar-refractivity contribution in [1.82, 2.24) is 25.1 Å². The van der Waals surface area contributed by atoms with Crippen LogP contribution in [-0.2, 0) is 9.59 Å². The number of rotatable bonds is 4. The van der Waals surface area contributed by atoms with Crippen LogP contribution < -0.4 is 5.32 Å². The third-order valence-electron chi connectivity index (χ3n) is 5.05. The molecule has 0 bridgehead atoms. The second kappa shape index (κ2) is 10.1. The number of hydrogen-bond donors (Lipinski definition) is 1. The molecule has 3 amide bonds. The highest BCUT2D eigenvalue weighted by molar-refractivity contribution is 6.29. The number of carbonyl (C=O) groups is 3. The van der Waals surface area contributed by atoms with E-state index in [1.165, 1.54) is 26.1 Å². The first-order valence-electron chi connectivity index (χ1n) is 9.64. The largest absolute Gasteiger partial charge is 0.354 e. The Morgan fingerprint density at radius 3 is 2.59 bits per heavy atom. The first kappa shape index (κ1) is 23.6. The predicted octanol–water partition coefficient (Wildman–Crippen LogP) is 2.78. The fourth-order valence-corrected chi connectivity index (χ4v) is 3.88. The van der Waals surface area contributed by atoms with Crippen molar-refractivity contribution in [2.75, 3.05) is 26.7 Å².